The van der Waals surface area contributed by atoms with E-state index < -0.39 is 0 Å². The molecule has 0 amide bonds. The van der Waals surface area contributed by atoms with Gasteiger partial charge in [-0.2, -0.15) is 0 Å². The Morgan fingerprint density at radius 2 is 1.90 bits per heavy atom. The number of hydrogen-bond acceptors (Lipinski definition) is 2. The van der Waals surface area contributed by atoms with E-state index in [1.807, 2.05) is 0 Å². The van der Waals surface area contributed by atoms with Crippen LogP contribution < -0.4 is 5.32 Å². The van der Waals surface area contributed by atoms with Gasteiger partial charge >= 0.3 is 0 Å². The molecule has 1 N–H and O–H groups in total. The Labute approximate surface area is 124 Å². The van der Waals surface area contributed by atoms with Crippen molar-refractivity contribution in [3.8, 4) is 0 Å². The minimum Gasteiger partial charge on any atom is -0.317 e. The van der Waals surface area contributed by atoms with Crippen LogP contribution in [0.25, 0.3) is 0 Å². The Kier molecular flexibility index (Phi) is 6.06. The normalized spacial score (nSPS) is 19.9. The van der Waals surface area contributed by atoms with Gasteiger partial charge in [-0.1, -0.05) is 45.0 Å². The van der Waals surface area contributed by atoms with Crippen molar-refractivity contribution < 1.29 is 0 Å². The zero-order chi connectivity index (χ0) is 14.4. The van der Waals surface area contributed by atoms with Gasteiger partial charge in [0.25, 0.3) is 0 Å². The number of likely N-dealkylation sites (tertiary alicyclic amines) is 1. The van der Waals surface area contributed by atoms with E-state index in [-0.39, 0.29) is 0 Å². The van der Waals surface area contributed by atoms with Crippen LogP contribution in [-0.2, 0) is 13.0 Å². The number of hydrogen-bond donors (Lipinski definition) is 1. The molecule has 0 aliphatic carbocycles. The molecule has 1 heterocycles. The molecule has 0 spiro atoms. The lowest BCUT2D eigenvalue weighted by molar-refractivity contribution is 0.199. The third-order valence-corrected chi connectivity index (χ3v) is 4.43. The molecular formula is C18H30N2. The van der Waals surface area contributed by atoms with Gasteiger partial charge in [-0.3, -0.25) is 4.90 Å². The van der Waals surface area contributed by atoms with Crippen molar-refractivity contribution in [2.24, 2.45) is 5.92 Å². The lowest BCUT2D eigenvalue weighted by atomic mass is 10.0. The molecule has 1 aliphatic rings. The highest BCUT2D eigenvalue weighted by atomic mass is 15.2. The molecule has 2 heteroatoms. The monoisotopic (exact) mass is 274 g/mol. The Balaban J connectivity index is 1.87. The summed E-state index contributed by atoms with van der Waals surface area (Å²) in [5.74, 6) is 0.775. The third kappa shape index (κ3) is 4.32. The second-order valence-electron chi connectivity index (χ2n) is 6.34. The van der Waals surface area contributed by atoms with Crippen LogP contribution in [0.3, 0.4) is 0 Å². The van der Waals surface area contributed by atoms with Gasteiger partial charge in [0.15, 0.2) is 0 Å². The van der Waals surface area contributed by atoms with E-state index in [9.17, 15) is 0 Å². The number of likely N-dealkylation sites (N-methyl/N-ethyl adjacent to an activating group) is 1. The molecule has 1 unspecified atom stereocenters. The molecule has 112 valence electrons. The van der Waals surface area contributed by atoms with Crippen molar-refractivity contribution in [1.29, 1.82) is 0 Å². The SMILES string of the molecule is CCNCCc1ccc(CN2CCCC2C(C)C)cc1. The van der Waals surface area contributed by atoms with E-state index in [1.165, 1.54) is 30.5 Å². The number of rotatable bonds is 7. The zero-order valence-electron chi connectivity index (χ0n) is 13.4. The van der Waals surface area contributed by atoms with E-state index in [0.29, 0.717) is 0 Å². The quantitative estimate of drug-likeness (QED) is 0.766. The largest absolute Gasteiger partial charge is 0.317 e. The van der Waals surface area contributed by atoms with Crippen LogP contribution >= 0.6 is 0 Å². The fourth-order valence-corrected chi connectivity index (χ4v) is 3.26. The highest BCUT2D eigenvalue weighted by molar-refractivity contribution is 5.23. The van der Waals surface area contributed by atoms with E-state index >= 15 is 0 Å². The maximum Gasteiger partial charge on any atom is 0.0236 e. The summed E-state index contributed by atoms with van der Waals surface area (Å²) in [4.78, 5) is 2.66. The van der Waals surface area contributed by atoms with Gasteiger partial charge in [0.2, 0.25) is 0 Å². The van der Waals surface area contributed by atoms with Crippen LogP contribution in [0.5, 0.6) is 0 Å². The molecule has 1 aromatic carbocycles. The van der Waals surface area contributed by atoms with E-state index in [1.54, 1.807) is 0 Å². The topological polar surface area (TPSA) is 15.3 Å². The summed E-state index contributed by atoms with van der Waals surface area (Å²) < 4.78 is 0. The van der Waals surface area contributed by atoms with E-state index in [0.717, 1.165) is 38.0 Å². The minimum atomic E-state index is 0.775. The lowest BCUT2D eigenvalue weighted by Gasteiger charge is -2.27. The number of benzene rings is 1. The van der Waals surface area contributed by atoms with Crippen molar-refractivity contribution in [2.75, 3.05) is 19.6 Å². The van der Waals surface area contributed by atoms with Gasteiger partial charge in [0, 0.05) is 12.6 Å². The molecule has 0 aromatic heterocycles. The maximum absolute atomic E-state index is 3.38. The molecule has 1 aromatic rings. The second-order valence-corrected chi connectivity index (χ2v) is 6.34. The first-order valence-corrected chi connectivity index (χ1v) is 8.23. The Morgan fingerprint density at radius 1 is 1.20 bits per heavy atom. The lowest BCUT2D eigenvalue weighted by Crippen LogP contribution is -2.32. The van der Waals surface area contributed by atoms with Gasteiger partial charge in [0.05, 0.1) is 0 Å². The van der Waals surface area contributed by atoms with Gasteiger partial charge in [0.1, 0.15) is 0 Å². The molecule has 20 heavy (non-hydrogen) atoms. The second kappa shape index (κ2) is 7.80. The molecule has 1 fully saturated rings. The number of nitrogens with one attached hydrogen (secondary N) is 1. The van der Waals surface area contributed by atoms with Crippen molar-refractivity contribution >= 4 is 0 Å². The van der Waals surface area contributed by atoms with Crippen molar-refractivity contribution in [2.45, 2.75) is 52.6 Å². The summed E-state index contributed by atoms with van der Waals surface area (Å²) >= 11 is 0. The smallest absolute Gasteiger partial charge is 0.0236 e. The van der Waals surface area contributed by atoms with Crippen molar-refractivity contribution in [3.05, 3.63) is 35.4 Å². The molecule has 0 bridgehead atoms. The van der Waals surface area contributed by atoms with Crippen LogP contribution in [0.2, 0.25) is 0 Å². The predicted molar refractivity (Wildman–Crippen MR) is 87.0 cm³/mol. The van der Waals surface area contributed by atoms with Crippen molar-refractivity contribution in [1.82, 2.24) is 10.2 Å². The standard InChI is InChI=1S/C18H30N2/c1-4-19-12-11-16-7-9-17(10-8-16)14-20-13-5-6-18(20)15(2)3/h7-10,15,18-19H,4-6,11-14H2,1-3H3. The molecule has 0 radical (unpaired) electrons. The third-order valence-electron chi connectivity index (χ3n) is 4.43. The fourth-order valence-electron chi connectivity index (χ4n) is 3.26. The van der Waals surface area contributed by atoms with E-state index in [2.05, 4.69) is 55.3 Å². The summed E-state index contributed by atoms with van der Waals surface area (Å²) in [5.41, 5.74) is 2.90. The molecule has 1 atom stereocenters. The van der Waals surface area contributed by atoms with Crippen LogP contribution in [0, 0.1) is 5.92 Å². The molecule has 1 saturated heterocycles. The van der Waals surface area contributed by atoms with Crippen LogP contribution in [-0.4, -0.2) is 30.6 Å². The zero-order valence-corrected chi connectivity index (χ0v) is 13.4. The Bertz CT molecular complexity index is 383. The van der Waals surface area contributed by atoms with E-state index in [4.69, 9.17) is 0 Å². The van der Waals surface area contributed by atoms with Crippen molar-refractivity contribution in [3.63, 3.8) is 0 Å². The summed E-state index contributed by atoms with van der Waals surface area (Å²) in [6.07, 6.45) is 3.87. The molecule has 2 rings (SSSR count). The molecule has 1 aliphatic heterocycles. The van der Waals surface area contributed by atoms with Gasteiger partial charge in [-0.25, -0.2) is 0 Å². The molecular weight excluding hydrogens is 244 g/mol. The maximum atomic E-state index is 3.38. The summed E-state index contributed by atoms with van der Waals surface area (Å²) in [6.45, 7) is 11.4. The van der Waals surface area contributed by atoms with Gasteiger partial charge < -0.3 is 5.32 Å². The van der Waals surface area contributed by atoms with Gasteiger partial charge in [-0.05, 0) is 55.9 Å². The summed E-state index contributed by atoms with van der Waals surface area (Å²) in [5, 5.41) is 3.38. The fraction of sp³-hybridized carbons (Fsp3) is 0.667. The highest BCUT2D eigenvalue weighted by Crippen LogP contribution is 2.25. The summed E-state index contributed by atoms with van der Waals surface area (Å²) in [7, 11) is 0. The van der Waals surface area contributed by atoms with Crippen LogP contribution in [0.1, 0.15) is 44.7 Å². The minimum absolute atomic E-state index is 0.775. The number of nitrogens with zero attached hydrogens (tertiary/aromatic N) is 1. The average Bonchev–Trinajstić information content (AvgIpc) is 2.89. The van der Waals surface area contributed by atoms with Crippen LogP contribution in [0.4, 0.5) is 0 Å². The predicted octanol–water partition coefficient (Wildman–Crippen LogP) is 3.46. The first kappa shape index (κ1) is 15.5. The first-order valence-electron chi connectivity index (χ1n) is 8.23. The Morgan fingerprint density at radius 3 is 2.55 bits per heavy atom. The average molecular weight is 274 g/mol. The Hall–Kier alpha value is -0.860. The summed E-state index contributed by atoms with van der Waals surface area (Å²) in [6, 6.07) is 10.0. The highest BCUT2D eigenvalue weighted by Gasteiger charge is 2.26. The van der Waals surface area contributed by atoms with Crippen LogP contribution in [0.15, 0.2) is 24.3 Å². The van der Waals surface area contributed by atoms with Gasteiger partial charge in [-0.15, -0.1) is 0 Å². The molecule has 0 saturated carbocycles. The molecule has 2 nitrogen and oxygen atoms in total. The first-order chi connectivity index (χ1) is 9.70.